The molecule has 2 aliphatic rings. The molecule has 0 aromatic carbocycles. The first-order chi connectivity index (χ1) is 11.0. The smallest absolute Gasteiger partial charge is 0.315 e. The summed E-state index contributed by atoms with van der Waals surface area (Å²) >= 11 is 1.85. The number of primary amides is 1. The number of rotatable bonds is 10. The Kier molecular flexibility index (Phi) is 6.56. The van der Waals surface area contributed by atoms with Gasteiger partial charge in [-0.05, 0) is 25.7 Å². The van der Waals surface area contributed by atoms with E-state index in [2.05, 4.69) is 10.6 Å². The fourth-order valence-electron chi connectivity index (χ4n) is 3.29. The number of thioether (sulfide) groups is 1. The third-order valence-electron chi connectivity index (χ3n) is 4.55. The van der Waals surface area contributed by atoms with E-state index in [1.54, 1.807) is 0 Å². The first-order valence-electron chi connectivity index (χ1n) is 8.17. The van der Waals surface area contributed by atoms with Gasteiger partial charge in [0, 0.05) is 17.4 Å². The molecule has 0 saturated carbocycles. The zero-order valence-corrected chi connectivity index (χ0v) is 13.9. The van der Waals surface area contributed by atoms with E-state index in [1.165, 1.54) is 0 Å². The Balaban J connectivity index is 1.67. The summed E-state index contributed by atoms with van der Waals surface area (Å²) in [5.74, 6) is -0.543. The zero-order valence-electron chi connectivity index (χ0n) is 13.1. The molecule has 2 rings (SSSR count). The summed E-state index contributed by atoms with van der Waals surface area (Å²) < 4.78 is 0. The van der Waals surface area contributed by atoms with Gasteiger partial charge in [-0.2, -0.15) is 11.8 Å². The van der Waals surface area contributed by atoms with Crippen molar-refractivity contribution in [1.82, 2.24) is 10.6 Å². The topological polar surface area (TPSA) is 122 Å². The maximum atomic E-state index is 11.3. The lowest BCUT2D eigenvalue weighted by Crippen LogP contribution is -2.36. The Hall–Kier alpha value is -1.44. The lowest BCUT2D eigenvalue weighted by Gasteiger charge is -2.18. The molecule has 130 valence electrons. The number of aliphatic carboxylic acids is 1. The monoisotopic (exact) mass is 343 g/mol. The van der Waals surface area contributed by atoms with E-state index in [1.807, 2.05) is 11.8 Å². The van der Waals surface area contributed by atoms with Crippen LogP contribution in [0.5, 0.6) is 0 Å². The molecule has 0 aromatic rings. The molecule has 0 spiro atoms. The van der Waals surface area contributed by atoms with Crippen molar-refractivity contribution in [3.8, 4) is 0 Å². The summed E-state index contributed by atoms with van der Waals surface area (Å²) in [4.78, 5) is 33.3. The number of carboxylic acid groups (broad SMARTS) is 1. The Morgan fingerprint density at radius 1 is 1.26 bits per heavy atom. The van der Waals surface area contributed by atoms with Gasteiger partial charge < -0.3 is 21.5 Å². The molecular formula is C15H25N3O4S. The molecule has 1 unspecified atom stereocenters. The van der Waals surface area contributed by atoms with E-state index < -0.39 is 5.97 Å². The van der Waals surface area contributed by atoms with Gasteiger partial charge in [-0.3, -0.25) is 9.59 Å². The number of fused-ring (bicyclic) bond motifs is 1. The van der Waals surface area contributed by atoms with Crippen LogP contribution in [0, 0.1) is 5.92 Å². The second-order valence-corrected chi connectivity index (χ2v) is 7.57. The van der Waals surface area contributed by atoms with E-state index >= 15 is 0 Å². The highest BCUT2D eigenvalue weighted by molar-refractivity contribution is 8.00. The van der Waals surface area contributed by atoms with Gasteiger partial charge in [0.1, 0.15) is 0 Å². The van der Waals surface area contributed by atoms with Gasteiger partial charge in [0.05, 0.1) is 18.0 Å². The Bertz CT molecular complexity index is 460. The molecule has 7 nitrogen and oxygen atoms in total. The molecule has 0 bridgehead atoms. The third-order valence-corrected chi connectivity index (χ3v) is 6.06. The molecule has 23 heavy (non-hydrogen) atoms. The maximum absolute atomic E-state index is 11.3. The molecular weight excluding hydrogens is 318 g/mol. The van der Waals surface area contributed by atoms with E-state index in [0.717, 1.165) is 18.6 Å². The predicted molar refractivity (Wildman–Crippen MR) is 88.1 cm³/mol. The normalized spacial score (nSPS) is 27.1. The first-order valence-corrected chi connectivity index (χ1v) is 9.22. The van der Waals surface area contributed by atoms with Gasteiger partial charge in [0.25, 0.3) is 0 Å². The van der Waals surface area contributed by atoms with E-state index in [4.69, 9.17) is 5.73 Å². The Morgan fingerprint density at radius 2 is 2.00 bits per heavy atom. The summed E-state index contributed by atoms with van der Waals surface area (Å²) in [5.41, 5.74) is 5.08. The summed E-state index contributed by atoms with van der Waals surface area (Å²) in [6.45, 7) is 0. The highest BCUT2D eigenvalue weighted by atomic mass is 32.2. The van der Waals surface area contributed by atoms with Gasteiger partial charge in [0.2, 0.25) is 5.91 Å². The quantitative estimate of drug-likeness (QED) is 0.349. The van der Waals surface area contributed by atoms with Gasteiger partial charge in [-0.1, -0.05) is 12.8 Å². The lowest BCUT2D eigenvalue weighted by atomic mass is 9.94. The van der Waals surface area contributed by atoms with E-state index in [-0.39, 0.29) is 29.9 Å². The molecule has 4 atom stereocenters. The number of carbonyl (C=O) groups is 3. The summed E-state index contributed by atoms with van der Waals surface area (Å²) in [5, 5.41) is 15.5. The second kappa shape index (κ2) is 8.42. The van der Waals surface area contributed by atoms with Crippen LogP contribution in [0.1, 0.15) is 44.9 Å². The lowest BCUT2D eigenvalue weighted by molar-refractivity contribution is -0.142. The highest BCUT2D eigenvalue weighted by Gasteiger charge is 2.42. The number of hydrogen-bond donors (Lipinski definition) is 4. The van der Waals surface area contributed by atoms with Crippen LogP contribution in [0.25, 0.3) is 0 Å². The van der Waals surface area contributed by atoms with Crippen LogP contribution >= 0.6 is 11.8 Å². The molecule has 3 amide bonds. The zero-order chi connectivity index (χ0) is 16.8. The molecule has 0 aliphatic carbocycles. The van der Waals surface area contributed by atoms with Gasteiger partial charge in [-0.25, -0.2) is 4.79 Å². The van der Waals surface area contributed by atoms with Crippen molar-refractivity contribution in [2.45, 2.75) is 62.3 Å². The van der Waals surface area contributed by atoms with Crippen molar-refractivity contribution in [2.75, 3.05) is 5.75 Å². The molecule has 2 aliphatic heterocycles. The third kappa shape index (κ3) is 5.30. The average molecular weight is 343 g/mol. The molecule has 0 aromatic heterocycles. The number of carboxylic acids is 1. The largest absolute Gasteiger partial charge is 0.481 e. The molecule has 5 N–H and O–H groups in total. The van der Waals surface area contributed by atoms with Gasteiger partial charge >= 0.3 is 12.0 Å². The van der Waals surface area contributed by atoms with E-state index in [0.29, 0.717) is 37.4 Å². The fourth-order valence-corrected chi connectivity index (χ4v) is 4.83. The summed E-state index contributed by atoms with van der Waals surface area (Å²) in [6, 6.07) is 0.288. The van der Waals surface area contributed by atoms with Crippen LogP contribution in [-0.4, -0.2) is 46.1 Å². The van der Waals surface area contributed by atoms with Crippen LogP contribution < -0.4 is 16.4 Å². The van der Waals surface area contributed by atoms with Crippen LogP contribution in [0.4, 0.5) is 4.79 Å². The SMILES string of the molecule is NC(=O)CCCCC(CCC[C@@H]1SC[C@@H]2NC(=O)N[C@@H]21)C(=O)O. The van der Waals surface area contributed by atoms with Crippen LogP contribution in [0.2, 0.25) is 0 Å². The van der Waals surface area contributed by atoms with Crippen LogP contribution in [-0.2, 0) is 9.59 Å². The fraction of sp³-hybridized carbons (Fsp3) is 0.800. The minimum Gasteiger partial charge on any atom is -0.481 e. The summed E-state index contributed by atoms with van der Waals surface area (Å²) in [7, 11) is 0. The van der Waals surface area contributed by atoms with Crippen LogP contribution in [0.15, 0.2) is 0 Å². The van der Waals surface area contributed by atoms with Crippen LogP contribution in [0.3, 0.4) is 0 Å². The average Bonchev–Trinajstić information content (AvgIpc) is 3.00. The highest BCUT2D eigenvalue weighted by Crippen LogP contribution is 2.33. The number of unbranched alkanes of at least 4 members (excludes halogenated alkanes) is 1. The number of nitrogens with two attached hydrogens (primary N) is 1. The molecule has 2 heterocycles. The number of nitrogens with one attached hydrogen (secondary N) is 2. The van der Waals surface area contributed by atoms with Crippen molar-refractivity contribution in [3.63, 3.8) is 0 Å². The van der Waals surface area contributed by atoms with Crippen molar-refractivity contribution >= 4 is 29.7 Å². The van der Waals surface area contributed by atoms with Crippen molar-refractivity contribution in [3.05, 3.63) is 0 Å². The molecule has 8 heteroatoms. The predicted octanol–water partition coefficient (Wildman–Crippen LogP) is 1.07. The maximum Gasteiger partial charge on any atom is 0.315 e. The van der Waals surface area contributed by atoms with Crippen molar-refractivity contribution < 1.29 is 19.5 Å². The Morgan fingerprint density at radius 3 is 2.70 bits per heavy atom. The number of hydrogen-bond acceptors (Lipinski definition) is 4. The van der Waals surface area contributed by atoms with E-state index in [9.17, 15) is 19.5 Å². The minimum atomic E-state index is -0.767. The molecule has 2 fully saturated rings. The number of urea groups is 1. The van der Waals surface area contributed by atoms with Gasteiger partial charge in [-0.15, -0.1) is 0 Å². The molecule has 2 saturated heterocycles. The first kappa shape index (κ1) is 17.9. The number of carbonyl (C=O) groups excluding carboxylic acids is 2. The Labute approximate surface area is 140 Å². The summed E-state index contributed by atoms with van der Waals surface area (Å²) in [6.07, 6.45) is 4.66. The van der Waals surface area contributed by atoms with Gasteiger partial charge in [0.15, 0.2) is 0 Å². The van der Waals surface area contributed by atoms with Crippen molar-refractivity contribution in [2.24, 2.45) is 11.7 Å². The number of amides is 3. The second-order valence-electron chi connectivity index (χ2n) is 6.30. The molecule has 0 radical (unpaired) electrons. The standard InChI is InChI=1S/C15H25N3O4S/c16-12(19)7-2-1-4-9(14(20)21)5-3-6-11-13-10(8-23-11)17-15(22)18-13/h9-11,13H,1-8H2,(H2,16,19)(H,20,21)(H2,17,18,22)/t9?,10-,11-,13-/m0/s1. The minimum absolute atomic E-state index is 0.0943. The van der Waals surface area contributed by atoms with Crippen molar-refractivity contribution in [1.29, 1.82) is 0 Å².